The fourth-order valence-corrected chi connectivity index (χ4v) is 3.85. The van der Waals surface area contributed by atoms with Crippen LogP contribution in [0.3, 0.4) is 0 Å². The van der Waals surface area contributed by atoms with Crippen molar-refractivity contribution in [2.24, 2.45) is 0 Å². The second-order valence-corrected chi connectivity index (χ2v) is 7.80. The standard InChI is InChI=1S/C26H28N2O2/c1-20-7-6-10-25(21(20)2)27-15-17-28(18-16-27)26(29)23-11-13-24(14-12-23)30-19-22-8-4-3-5-9-22/h3-14H,15-19H2,1-2H3. The Morgan fingerprint density at radius 3 is 2.23 bits per heavy atom. The third-order valence-electron chi connectivity index (χ3n) is 5.83. The highest BCUT2D eigenvalue weighted by Crippen LogP contribution is 2.24. The second-order valence-electron chi connectivity index (χ2n) is 7.80. The fourth-order valence-electron chi connectivity index (χ4n) is 3.85. The Bertz CT molecular complexity index is 991. The molecular weight excluding hydrogens is 372 g/mol. The zero-order chi connectivity index (χ0) is 20.9. The minimum Gasteiger partial charge on any atom is -0.489 e. The quantitative estimate of drug-likeness (QED) is 0.614. The summed E-state index contributed by atoms with van der Waals surface area (Å²) in [6, 6.07) is 24.0. The smallest absolute Gasteiger partial charge is 0.253 e. The third kappa shape index (κ3) is 4.48. The van der Waals surface area contributed by atoms with Crippen molar-refractivity contribution in [3.63, 3.8) is 0 Å². The lowest BCUT2D eigenvalue weighted by Gasteiger charge is -2.37. The van der Waals surface area contributed by atoms with Crippen LogP contribution in [0.2, 0.25) is 0 Å². The number of carbonyl (C=O) groups is 1. The number of hydrogen-bond donors (Lipinski definition) is 0. The van der Waals surface area contributed by atoms with Gasteiger partial charge < -0.3 is 14.5 Å². The predicted octanol–water partition coefficient (Wildman–Crippen LogP) is 4.84. The molecule has 0 bridgehead atoms. The molecule has 30 heavy (non-hydrogen) atoms. The molecule has 0 atom stereocenters. The van der Waals surface area contributed by atoms with Crippen LogP contribution >= 0.6 is 0 Å². The van der Waals surface area contributed by atoms with Crippen molar-refractivity contribution in [2.75, 3.05) is 31.1 Å². The molecule has 1 aliphatic rings. The van der Waals surface area contributed by atoms with E-state index in [1.54, 1.807) is 0 Å². The molecule has 1 aliphatic heterocycles. The van der Waals surface area contributed by atoms with Crippen LogP contribution in [0.5, 0.6) is 5.75 Å². The Morgan fingerprint density at radius 1 is 0.833 bits per heavy atom. The monoisotopic (exact) mass is 400 g/mol. The first-order valence-electron chi connectivity index (χ1n) is 10.5. The maximum atomic E-state index is 12.9. The highest BCUT2D eigenvalue weighted by atomic mass is 16.5. The van der Waals surface area contributed by atoms with E-state index in [-0.39, 0.29) is 5.91 Å². The van der Waals surface area contributed by atoms with Gasteiger partial charge in [-0.2, -0.15) is 0 Å². The number of aryl methyl sites for hydroxylation is 1. The minimum atomic E-state index is 0.0882. The van der Waals surface area contributed by atoms with Crippen LogP contribution in [0, 0.1) is 13.8 Å². The Balaban J connectivity index is 1.33. The van der Waals surface area contributed by atoms with Crippen molar-refractivity contribution in [1.29, 1.82) is 0 Å². The van der Waals surface area contributed by atoms with E-state index in [2.05, 4.69) is 36.9 Å². The maximum Gasteiger partial charge on any atom is 0.253 e. The summed E-state index contributed by atoms with van der Waals surface area (Å²) >= 11 is 0. The van der Waals surface area contributed by atoms with E-state index in [1.165, 1.54) is 16.8 Å². The molecule has 0 radical (unpaired) electrons. The molecule has 0 spiro atoms. The summed E-state index contributed by atoms with van der Waals surface area (Å²) in [7, 11) is 0. The van der Waals surface area contributed by atoms with Crippen LogP contribution in [-0.2, 0) is 6.61 Å². The summed E-state index contributed by atoms with van der Waals surface area (Å²) in [5, 5.41) is 0. The number of ether oxygens (including phenoxy) is 1. The molecule has 3 aromatic rings. The Hall–Kier alpha value is -3.27. The van der Waals surface area contributed by atoms with Gasteiger partial charge in [0.25, 0.3) is 5.91 Å². The number of amides is 1. The first kappa shape index (κ1) is 20.0. The minimum absolute atomic E-state index is 0.0882. The molecule has 154 valence electrons. The molecule has 1 amide bonds. The molecule has 3 aromatic carbocycles. The number of hydrogen-bond acceptors (Lipinski definition) is 3. The lowest BCUT2D eigenvalue weighted by molar-refractivity contribution is 0.0746. The van der Waals surface area contributed by atoms with E-state index in [9.17, 15) is 4.79 Å². The molecule has 0 unspecified atom stereocenters. The van der Waals surface area contributed by atoms with Gasteiger partial charge in [-0.1, -0.05) is 42.5 Å². The Morgan fingerprint density at radius 2 is 1.53 bits per heavy atom. The maximum absolute atomic E-state index is 12.9. The van der Waals surface area contributed by atoms with E-state index in [1.807, 2.05) is 59.5 Å². The number of rotatable bonds is 5. The number of anilines is 1. The van der Waals surface area contributed by atoms with Crippen molar-refractivity contribution in [2.45, 2.75) is 20.5 Å². The lowest BCUT2D eigenvalue weighted by Crippen LogP contribution is -2.49. The Labute approximate surface area is 178 Å². The Kier molecular flexibility index (Phi) is 6.03. The fraction of sp³-hybridized carbons (Fsp3) is 0.269. The van der Waals surface area contributed by atoms with Crippen molar-refractivity contribution >= 4 is 11.6 Å². The van der Waals surface area contributed by atoms with E-state index in [0.29, 0.717) is 12.2 Å². The van der Waals surface area contributed by atoms with Gasteiger partial charge in [-0.25, -0.2) is 0 Å². The number of nitrogens with zero attached hydrogens (tertiary/aromatic N) is 2. The normalized spacial score (nSPS) is 13.9. The molecule has 0 aromatic heterocycles. The molecule has 4 rings (SSSR count). The van der Waals surface area contributed by atoms with Gasteiger partial charge in [0.1, 0.15) is 12.4 Å². The first-order chi connectivity index (χ1) is 14.6. The molecule has 1 saturated heterocycles. The summed E-state index contributed by atoms with van der Waals surface area (Å²) in [6.07, 6.45) is 0. The summed E-state index contributed by atoms with van der Waals surface area (Å²) in [4.78, 5) is 17.2. The van der Waals surface area contributed by atoms with Crippen LogP contribution < -0.4 is 9.64 Å². The van der Waals surface area contributed by atoms with Gasteiger partial charge in [0.2, 0.25) is 0 Å². The summed E-state index contributed by atoms with van der Waals surface area (Å²) in [6.45, 7) is 8.02. The van der Waals surface area contributed by atoms with E-state index < -0.39 is 0 Å². The van der Waals surface area contributed by atoms with E-state index >= 15 is 0 Å². The summed E-state index contributed by atoms with van der Waals surface area (Å²) < 4.78 is 5.82. The van der Waals surface area contributed by atoms with Gasteiger partial charge in [-0.15, -0.1) is 0 Å². The van der Waals surface area contributed by atoms with Crippen LogP contribution in [-0.4, -0.2) is 37.0 Å². The molecule has 1 fully saturated rings. The van der Waals surface area contributed by atoms with E-state index in [4.69, 9.17) is 4.74 Å². The second kappa shape index (κ2) is 9.04. The highest BCUT2D eigenvalue weighted by Gasteiger charge is 2.23. The van der Waals surface area contributed by atoms with E-state index in [0.717, 1.165) is 37.5 Å². The molecule has 4 heteroatoms. The number of benzene rings is 3. The van der Waals surface area contributed by atoms with Gasteiger partial charge >= 0.3 is 0 Å². The average Bonchev–Trinajstić information content (AvgIpc) is 2.80. The van der Waals surface area contributed by atoms with Crippen LogP contribution in [0.25, 0.3) is 0 Å². The van der Waals surface area contributed by atoms with Gasteiger partial charge in [0.15, 0.2) is 0 Å². The molecule has 0 saturated carbocycles. The van der Waals surface area contributed by atoms with Gasteiger partial charge in [-0.05, 0) is 60.9 Å². The van der Waals surface area contributed by atoms with Gasteiger partial charge in [0.05, 0.1) is 0 Å². The number of piperazine rings is 1. The van der Waals surface area contributed by atoms with Crippen molar-refractivity contribution in [3.05, 3.63) is 95.1 Å². The van der Waals surface area contributed by atoms with Crippen LogP contribution in [0.15, 0.2) is 72.8 Å². The van der Waals surface area contributed by atoms with Crippen molar-refractivity contribution < 1.29 is 9.53 Å². The zero-order valence-corrected chi connectivity index (χ0v) is 17.7. The van der Waals surface area contributed by atoms with Crippen LogP contribution in [0.4, 0.5) is 5.69 Å². The van der Waals surface area contributed by atoms with Gasteiger partial charge in [-0.3, -0.25) is 4.79 Å². The summed E-state index contributed by atoms with van der Waals surface area (Å²) in [5.74, 6) is 0.861. The third-order valence-corrected chi connectivity index (χ3v) is 5.83. The van der Waals surface area contributed by atoms with Gasteiger partial charge in [0, 0.05) is 37.4 Å². The molecule has 0 N–H and O–H groups in total. The van der Waals surface area contributed by atoms with Crippen LogP contribution in [0.1, 0.15) is 27.0 Å². The van der Waals surface area contributed by atoms with Crippen molar-refractivity contribution in [3.8, 4) is 5.75 Å². The molecule has 1 heterocycles. The topological polar surface area (TPSA) is 32.8 Å². The lowest BCUT2D eigenvalue weighted by atomic mass is 10.1. The first-order valence-corrected chi connectivity index (χ1v) is 10.5. The molecular formula is C26H28N2O2. The molecule has 4 nitrogen and oxygen atoms in total. The average molecular weight is 401 g/mol. The highest BCUT2D eigenvalue weighted by molar-refractivity contribution is 5.94. The SMILES string of the molecule is Cc1cccc(N2CCN(C(=O)c3ccc(OCc4ccccc4)cc3)CC2)c1C. The zero-order valence-electron chi connectivity index (χ0n) is 17.7. The predicted molar refractivity (Wildman–Crippen MR) is 121 cm³/mol. The molecule has 0 aliphatic carbocycles. The number of carbonyl (C=O) groups excluding carboxylic acids is 1. The largest absolute Gasteiger partial charge is 0.489 e. The van der Waals surface area contributed by atoms with Crippen molar-refractivity contribution in [1.82, 2.24) is 4.90 Å². The summed E-state index contributed by atoms with van der Waals surface area (Å²) in [5.41, 5.74) is 5.74.